The summed E-state index contributed by atoms with van der Waals surface area (Å²) in [6.45, 7) is 0. The molecule has 2 nitrogen and oxygen atoms in total. The summed E-state index contributed by atoms with van der Waals surface area (Å²) >= 11 is 0. The Bertz CT molecular complexity index is 265. The molecule has 3 heteroatoms. The summed E-state index contributed by atoms with van der Waals surface area (Å²) in [6, 6.07) is 14.4. The third kappa shape index (κ3) is 4.56. The molecule has 0 spiro atoms. The number of hydrogen-bond donors (Lipinski definition) is 2. The van der Waals surface area contributed by atoms with Crippen LogP contribution in [0.4, 0.5) is 0 Å². The van der Waals surface area contributed by atoms with E-state index in [2.05, 4.69) is 0 Å². The molecular formula is C10H10O2Ti-6. The van der Waals surface area contributed by atoms with E-state index in [-0.39, 0.29) is 33.2 Å². The molecule has 0 heterocycles. The van der Waals surface area contributed by atoms with Gasteiger partial charge in [-0.1, -0.05) is 0 Å². The van der Waals surface area contributed by atoms with Crippen molar-refractivity contribution in [3.05, 3.63) is 48.5 Å². The van der Waals surface area contributed by atoms with E-state index in [0.717, 1.165) is 0 Å². The number of hydrogen-bond acceptors (Lipinski definition) is 2. The van der Waals surface area contributed by atoms with Crippen LogP contribution in [0.5, 0.6) is 11.5 Å². The molecule has 0 amide bonds. The second-order valence-corrected chi connectivity index (χ2v) is 2.26. The Morgan fingerprint density at radius 3 is 1.69 bits per heavy atom. The van der Waals surface area contributed by atoms with Crippen LogP contribution >= 0.6 is 0 Å². The zero-order valence-corrected chi connectivity index (χ0v) is 8.57. The van der Waals surface area contributed by atoms with Crippen molar-refractivity contribution in [1.82, 2.24) is 0 Å². The maximum absolute atomic E-state index is 8.51. The van der Waals surface area contributed by atoms with E-state index in [1.54, 1.807) is 6.07 Å². The van der Waals surface area contributed by atoms with Crippen LogP contribution in [-0.4, -0.2) is 10.2 Å². The molecule has 0 saturated carbocycles. The molecule has 0 bridgehead atoms. The van der Waals surface area contributed by atoms with Gasteiger partial charge in [-0.15, -0.1) is 6.07 Å². The average molecular weight is 210 g/mol. The normalized spacial score (nSPS) is 8.00. The van der Waals surface area contributed by atoms with Gasteiger partial charge in [0, 0.05) is 33.2 Å². The Balaban J connectivity index is 0.000000215. The Morgan fingerprint density at radius 1 is 1.08 bits per heavy atom. The molecule has 13 heavy (non-hydrogen) atoms. The van der Waals surface area contributed by atoms with Crippen LogP contribution in [0.25, 0.3) is 0 Å². The molecule has 2 N–H and O–H groups in total. The summed E-state index contributed by atoms with van der Waals surface area (Å²) in [5.74, 6) is -0.111. The van der Waals surface area contributed by atoms with Gasteiger partial charge < -0.3 is 40.5 Å². The van der Waals surface area contributed by atoms with Crippen LogP contribution in [0.15, 0.2) is 48.5 Å². The van der Waals surface area contributed by atoms with E-state index in [1.165, 1.54) is 12.1 Å². The minimum atomic E-state index is -0.0556. The molecule has 0 aliphatic rings. The Labute approximate surface area is 92.1 Å². The Hall–Kier alpha value is -0.986. The molecule has 0 fully saturated rings. The van der Waals surface area contributed by atoms with E-state index >= 15 is 0 Å². The van der Waals surface area contributed by atoms with Crippen molar-refractivity contribution in [1.29, 1.82) is 0 Å². The molecule has 0 radical (unpaired) electrons. The van der Waals surface area contributed by atoms with Gasteiger partial charge in [0.2, 0.25) is 0 Å². The molecule has 72 valence electrons. The van der Waals surface area contributed by atoms with Gasteiger partial charge in [0.15, 0.2) is 0 Å². The van der Waals surface area contributed by atoms with Gasteiger partial charge in [-0.25, -0.2) is 6.07 Å². The van der Waals surface area contributed by atoms with E-state index < -0.39 is 0 Å². The quantitative estimate of drug-likeness (QED) is 0.517. The SMILES string of the molecule is Oc1ccc[c-]1O.[Ti].[cH-]1[cH-][cH-][cH-][cH-]1. The topological polar surface area (TPSA) is 40.5 Å². The fourth-order valence-corrected chi connectivity index (χ4v) is 0.722. The molecule has 0 aliphatic carbocycles. The molecule has 0 aliphatic heterocycles. The van der Waals surface area contributed by atoms with E-state index in [0.29, 0.717) is 0 Å². The molecule has 0 saturated heterocycles. The third-order valence-corrected chi connectivity index (χ3v) is 1.33. The zero-order chi connectivity index (χ0) is 8.81. The van der Waals surface area contributed by atoms with Crippen LogP contribution in [0.3, 0.4) is 0 Å². The zero-order valence-electron chi connectivity index (χ0n) is 7.01. The van der Waals surface area contributed by atoms with Crippen molar-refractivity contribution in [2.24, 2.45) is 0 Å². The predicted molar refractivity (Wildman–Crippen MR) is 47.4 cm³/mol. The van der Waals surface area contributed by atoms with Gasteiger partial charge in [0.25, 0.3) is 0 Å². The first-order chi connectivity index (χ1) is 5.80. The fraction of sp³-hybridized carbons (Fsp3) is 0. The summed E-state index contributed by atoms with van der Waals surface area (Å²) in [5, 5.41) is 17.0. The van der Waals surface area contributed by atoms with Gasteiger partial charge in [-0.05, 0) is 0 Å². The average Bonchev–Trinajstić information content (AvgIpc) is 2.67. The standard InChI is InChI=1S/C5H5O2.C5H5.Ti/c6-4-2-1-3-5(4)7;1-2-4-5-3-1;/h1-3,6-7H;1-5H;/q-1;-5;. The first-order valence-electron chi connectivity index (χ1n) is 3.61. The second kappa shape index (κ2) is 6.52. The van der Waals surface area contributed by atoms with Crippen LogP contribution in [0, 0.1) is 0 Å². The first-order valence-corrected chi connectivity index (χ1v) is 3.61. The van der Waals surface area contributed by atoms with Crippen molar-refractivity contribution in [3.8, 4) is 11.5 Å². The van der Waals surface area contributed by atoms with Gasteiger partial charge >= 0.3 is 0 Å². The minimum Gasteiger partial charge on any atom is -0.748 e. The maximum Gasteiger partial charge on any atom is 0.0424 e. The van der Waals surface area contributed by atoms with Crippen LogP contribution < -0.4 is 0 Å². The first kappa shape index (κ1) is 12.0. The minimum absolute atomic E-state index is 0. The molecule has 0 aromatic heterocycles. The number of aromatic hydroxyl groups is 2. The number of rotatable bonds is 0. The Kier molecular flexibility index (Phi) is 6.03. The second-order valence-electron chi connectivity index (χ2n) is 2.26. The maximum atomic E-state index is 8.51. The largest absolute Gasteiger partial charge is 0.748 e. The predicted octanol–water partition coefficient (Wildman–Crippen LogP) is 2.22. The van der Waals surface area contributed by atoms with Crippen molar-refractivity contribution in [2.75, 3.05) is 0 Å². The molecule has 2 rings (SSSR count). The smallest absolute Gasteiger partial charge is 0.0424 e. The summed E-state index contributed by atoms with van der Waals surface area (Å²) in [7, 11) is 0. The molecule has 2 aromatic rings. The fourth-order valence-electron chi connectivity index (χ4n) is 0.722. The monoisotopic (exact) mass is 210 g/mol. The summed E-state index contributed by atoms with van der Waals surface area (Å²) in [5.41, 5.74) is 0. The van der Waals surface area contributed by atoms with Crippen LogP contribution in [0.2, 0.25) is 0 Å². The van der Waals surface area contributed by atoms with Crippen molar-refractivity contribution >= 4 is 0 Å². The molecule has 2 aromatic carbocycles. The van der Waals surface area contributed by atoms with Gasteiger partial charge in [0.1, 0.15) is 0 Å². The Morgan fingerprint density at radius 2 is 1.54 bits per heavy atom. The van der Waals surface area contributed by atoms with E-state index in [4.69, 9.17) is 10.2 Å². The van der Waals surface area contributed by atoms with Crippen LogP contribution in [-0.2, 0) is 21.7 Å². The van der Waals surface area contributed by atoms with Crippen molar-refractivity contribution in [2.45, 2.75) is 0 Å². The molecule has 0 unspecified atom stereocenters. The third-order valence-electron chi connectivity index (χ3n) is 1.33. The molecular weight excluding hydrogens is 200 g/mol. The van der Waals surface area contributed by atoms with Crippen molar-refractivity contribution < 1.29 is 31.9 Å². The molecule has 0 atom stereocenters. The summed E-state index contributed by atoms with van der Waals surface area (Å²) < 4.78 is 0. The van der Waals surface area contributed by atoms with Gasteiger partial charge in [-0.2, -0.15) is 6.07 Å². The van der Waals surface area contributed by atoms with Gasteiger partial charge in [-0.3, -0.25) is 0 Å². The van der Waals surface area contributed by atoms with Gasteiger partial charge in [0.05, 0.1) is 0 Å². The summed E-state index contributed by atoms with van der Waals surface area (Å²) in [6.07, 6.45) is 0. The van der Waals surface area contributed by atoms with Crippen molar-refractivity contribution in [3.63, 3.8) is 0 Å². The van der Waals surface area contributed by atoms with E-state index in [9.17, 15) is 0 Å². The van der Waals surface area contributed by atoms with Crippen LogP contribution in [0.1, 0.15) is 0 Å². The van der Waals surface area contributed by atoms with E-state index in [1.807, 2.05) is 30.3 Å². The summed E-state index contributed by atoms with van der Waals surface area (Å²) in [4.78, 5) is 0.